The number of allylic oxidation sites excluding steroid dienone is 1. The van der Waals surface area contributed by atoms with Gasteiger partial charge in [-0.2, -0.15) is 0 Å². The molecule has 0 saturated heterocycles. The molecule has 0 aliphatic carbocycles. The zero-order valence-corrected chi connectivity index (χ0v) is 21.8. The Hall–Kier alpha value is 0.170. The monoisotopic (exact) mass is 424 g/mol. The normalized spacial score (nSPS) is 11.9. The van der Waals surface area contributed by atoms with E-state index in [1.165, 1.54) is 147 Å². The molecule has 0 aliphatic heterocycles. The third-order valence-corrected chi connectivity index (χ3v) is 8.56. The Morgan fingerprint density at radius 3 is 1.03 bits per heavy atom. The molecule has 174 valence electrons. The van der Waals surface area contributed by atoms with Crippen LogP contribution < -0.4 is 0 Å². The van der Waals surface area contributed by atoms with Crippen molar-refractivity contribution in [1.82, 2.24) is 0 Å². The lowest BCUT2D eigenvalue weighted by Gasteiger charge is -2.13. The molecule has 0 atom stereocenters. The van der Waals surface area contributed by atoms with Gasteiger partial charge in [-0.25, -0.2) is 0 Å². The summed E-state index contributed by atoms with van der Waals surface area (Å²) < 4.78 is 0. The van der Waals surface area contributed by atoms with Crippen molar-refractivity contribution < 1.29 is 0 Å². The second kappa shape index (κ2) is 26.2. The lowest BCUT2D eigenvalue weighted by Crippen LogP contribution is -1.91. The van der Waals surface area contributed by atoms with Gasteiger partial charge in [-0.1, -0.05) is 156 Å². The van der Waals surface area contributed by atoms with E-state index in [2.05, 4.69) is 32.7 Å². The fourth-order valence-electron chi connectivity index (χ4n) is 4.12. The Morgan fingerprint density at radius 2 is 0.724 bits per heavy atom. The van der Waals surface area contributed by atoms with Crippen LogP contribution >= 0.6 is 7.92 Å². The molecule has 0 heterocycles. The maximum Gasteiger partial charge on any atom is -0.0291 e. The lowest BCUT2D eigenvalue weighted by molar-refractivity contribution is 0.561. The molecule has 0 aliphatic rings. The molecule has 0 rings (SSSR count). The molecule has 0 nitrogen and oxygen atoms in total. The van der Waals surface area contributed by atoms with Crippen molar-refractivity contribution >= 4 is 7.92 Å². The Labute approximate surface area is 187 Å². The predicted molar refractivity (Wildman–Crippen MR) is 140 cm³/mol. The van der Waals surface area contributed by atoms with E-state index in [-0.39, 0.29) is 7.92 Å². The molecular weight excluding hydrogens is 367 g/mol. The van der Waals surface area contributed by atoms with E-state index < -0.39 is 0 Å². The number of hydrogen-bond donors (Lipinski definition) is 0. The second-order valence-corrected chi connectivity index (χ2v) is 11.6. The molecule has 0 unspecified atom stereocenters. The van der Waals surface area contributed by atoms with Crippen molar-refractivity contribution in [2.75, 3.05) is 12.3 Å². The third-order valence-electron chi connectivity index (χ3n) is 6.15. The highest BCUT2D eigenvalue weighted by Gasteiger charge is 2.04. The average Bonchev–Trinajstić information content (AvgIpc) is 2.74. The van der Waals surface area contributed by atoms with E-state index in [0.29, 0.717) is 0 Å². The van der Waals surface area contributed by atoms with Crippen LogP contribution in [0.2, 0.25) is 0 Å². The predicted octanol–water partition coefficient (Wildman–Crippen LogP) is 11.2. The van der Waals surface area contributed by atoms with Crippen molar-refractivity contribution in [3.05, 3.63) is 11.9 Å². The molecule has 0 aromatic carbocycles. The van der Waals surface area contributed by atoms with Gasteiger partial charge >= 0.3 is 0 Å². The average molecular weight is 425 g/mol. The van der Waals surface area contributed by atoms with Crippen LogP contribution in [0, 0.1) is 0 Å². The Balaban J connectivity index is 3.56. The third kappa shape index (κ3) is 24.3. The summed E-state index contributed by atoms with van der Waals surface area (Å²) in [5, 5.41) is 0. The molecule has 0 aromatic rings. The van der Waals surface area contributed by atoms with Crippen molar-refractivity contribution in [2.45, 2.75) is 156 Å². The molecule has 0 bridgehead atoms. The smallest absolute Gasteiger partial charge is 0.0291 e. The Kier molecular flexibility index (Phi) is 26.4. The van der Waals surface area contributed by atoms with Gasteiger partial charge in [0.2, 0.25) is 0 Å². The van der Waals surface area contributed by atoms with Crippen molar-refractivity contribution in [1.29, 1.82) is 0 Å². The van der Waals surface area contributed by atoms with Crippen molar-refractivity contribution in [3.8, 4) is 0 Å². The van der Waals surface area contributed by atoms with Gasteiger partial charge in [0, 0.05) is 0 Å². The summed E-state index contributed by atoms with van der Waals surface area (Å²) in [7, 11) is 0.184. The molecule has 0 N–H and O–H groups in total. The number of rotatable bonds is 24. The van der Waals surface area contributed by atoms with Crippen molar-refractivity contribution in [2.24, 2.45) is 0 Å². The Bertz CT molecular complexity index is 285. The second-order valence-electron chi connectivity index (χ2n) is 9.19. The van der Waals surface area contributed by atoms with Crippen LogP contribution in [0.15, 0.2) is 11.9 Å². The zero-order valence-electron chi connectivity index (χ0n) is 20.9. The largest absolute Gasteiger partial charge is 0.0843 e. The molecule has 0 spiro atoms. The van der Waals surface area contributed by atoms with Crippen LogP contribution in [0.5, 0.6) is 0 Å². The first-order chi connectivity index (χ1) is 14.3. The summed E-state index contributed by atoms with van der Waals surface area (Å²) in [6, 6.07) is 0. The molecule has 0 radical (unpaired) electrons. The van der Waals surface area contributed by atoms with Crippen LogP contribution in [-0.4, -0.2) is 12.3 Å². The summed E-state index contributed by atoms with van der Waals surface area (Å²) in [6.07, 6.45) is 35.9. The minimum Gasteiger partial charge on any atom is -0.0843 e. The first-order valence-corrected chi connectivity index (χ1v) is 15.5. The minimum absolute atomic E-state index is 0.184. The quantitative estimate of drug-likeness (QED) is 0.107. The summed E-state index contributed by atoms with van der Waals surface area (Å²) in [5.41, 5.74) is 0. The van der Waals surface area contributed by atoms with Gasteiger partial charge in [0.05, 0.1) is 0 Å². The van der Waals surface area contributed by atoms with E-state index in [0.717, 1.165) is 0 Å². The van der Waals surface area contributed by atoms with Crippen molar-refractivity contribution in [3.63, 3.8) is 0 Å². The van der Waals surface area contributed by atoms with Crippen LogP contribution in [0.25, 0.3) is 0 Å². The van der Waals surface area contributed by atoms with E-state index in [1.807, 2.05) is 0 Å². The van der Waals surface area contributed by atoms with Gasteiger partial charge in [0.15, 0.2) is 0 Å². The van der Waals surface area contributed by atoms with Gasteiger partial charge in [-0.15, -0.1) is 0 Å². The highest BCUT2D eigenvalue weighted by Crippen LogP contribution is 2.40. The van der Waals surface area contributed by atoms with Crippen LogP contribution in [-0.2, 0) is 0 Å². The maximum atomic E-state index is 2.61. The maximum absolute atomic E-state index is 2.61. The topological polar surface area (TPSA) is 0 Å². The molecule has 29 heavy (non-hydrogen) atoms. The number of hydrogen-bond acceptors (Lipinski definition) is 0. The summed E-state index contributed by atoms with van der Waals surface area (Å²) in [4.78, 5) is 0. The SMILES string of the molecule is CCC=CP(CCCCCCCCCCCC)CCCCCCCCCCCC. The minimum atomic E-state index is 0.184. The Morgan fingerprint density at radius 1 is 0.414 bits per heavy atom. The summed E-state index contributed by atoms with van der Waals surface area (Å²) >= 11 is 0. The van der Waals surface area contributed by atoms with E-state index in [4.69, 9.17) is 0 Å². The van der Waals surface area contributed by atoms with Crippen LogP contribution in [0.3, 0.4) is 0 Å². The standard InChI is InChI=1S/C28H57P/c1-4-7-10-12-14-16-18-20-22-24-27-29(26-9-6-3)28-25-23-21-19-17-15-13-11-8-5-2/h9,26H,4-8,10-25,27-28H2,1-3H3. The molecule has 0 fully saturated rings. The fraction of sp³-hybridized carbons (Fsp3) is 0.929. The van der Waals surface area contributed by atoms with E-state index >= 15 is 0 Å². The van der Waals surface area contributed by atoms with Gasteiger partial charge < -0.3 is 0 Å². The van der Waals surface area contributed by atoms with Crippen LogP contribution in [0.1, 0.15) is 156 Å². The molecular formula is C28H57P. The first-order valence-electron chi connectivity index (χ1n) is 13.8. The van der Waals surface area contributed by atoms with Gasteiger partial charge in [-0.05, 0) is 31.6 Å². The zero-order chi connectivity index (χ0) is 21.3. The highest BCUT2D eigenvalue weighted by molar-refractivity contribution is 7.60. The summed E-state index contributed by atoms with van der Waals surface area (Å²) in [5.74, 6) is 2.61. The van der Waals surface area contributed by atoms with Gasteiger partial charge in [-0.3, -0.25) is 0 Å². The van der Waals surface area contributed by atoms with E-state index in [1.54, 1.807) is 0 Å². The highest BCUT2D eigenvalue weighted by atomic mass is 31.1. The molecule has 0 aromatic heterocycles. The molecule has 0 amide bonds. The van der Waals surface area contributed by atoms with Gasteiger partial charge in [0.25, 0.3) is 0 Å². The molecule has 1 heteroatoms. The first kappa shape index (κ1) is 29.2. The lowest BCUT2D eigenvalue weighted by atomic mass is 10.1. The van der Waals surface area contributed by atoms with E-state index in [9.17, 15) is 0 Å². The van der Waals surface area contributed by atoms with Crippen LogP contribution in [0.4, 0.5) is 0 Å². The van der Waals surface area contributed by atoms with Gasteiger partial charge in [0.1, 0.15) is 0 Å². The molecule has 0 saturated carbocycles. The number of unbranched alkanes of at least 4 members (excludes halogenated alkanes) is 18. The fourth-order valence-corrected chi connectivity index (χ4v) is 6.41. The summed E-state index contributed by atoms with van der Waals surface area (Å²) in [6.45, 7) is 6.90.